The molecule has 3 rings (SSSR count). The zero-order valence-corrected chi connectivity index (χ0v) is 12.0. The van der Waals surface area contributed by atoms with Gasteiger partial charge in [0, 0.05) is 16.7 Å². The first-order valence-corrected chi connectivity index (χ1v) is 6.62. The van der Waals surface area contributed by atoms with Crippen LogP contribution in [0.4, 0.5) is 0 Å². The normalized spacial score (nSPS) is 10.8. The highest BCUT2D eigenvalue weighted by atomic mass is 35.5. The second-order valence-electron chi connectivity index (χ2n) is 4.57. The molecule has 100 valence electrons. The Hall–Kier alpha value is -2.13. The highest BCUT2D eigenvalue weighted by molar-refractivity contribution is 6.31. The molecule has 0 radical (unpaired) electrons. The van der Waals surface area contributed by atoms with E-state index in [0.717, 1.165) is 38.6 Å². The van der Waals surface area contributed by atoms with Gasteiger partial charge in [0.25, 0.3) is 0 Å². The van der Waals surface area contributed by atoms with Crippen LogP contribution in [0.3, 0.4) is 0 Å². The Morgan fingerprint density at radius 2 is 1.90 bits per heavy atom. The Balaban J connectivity index is 2.13. The zero-order valence-electron chi connectivity index (χ0n) is 11.2. The Bertz CT molecular complexity index is 787. The van der Waals surface area contributed by atoms with Gasteiger partial charge in [-0.3, -0.25) is 4.98 Å². The number of halogens is 1. The van der Waals surface area contributed by atoms with E-state index in [4.69, 9.17) is 16.3 Å². The first-order valence-electron chi connectivity index (χ1n) is 6.25. The standard InChI is InChI=1S/C16H13ClN2O/c1-10-7-11(3-5-13(10)17)16-9-18-14-6-4-12(20-2)8-15(14)19-16/h3-9H,1-2H3. The molecule has 0 saturated heterocycles. The fraction of sp³-hybridized carbons (Fsp3) is 0.125. The lowest BCUT2D eigenvalue weighted by atomic mass is 10.1. The number of hydrogen-bond donors (Lipinski definition) is 0. The maximum Gasteiger partial charge on any atom is 0.121 e. The number of aryl methyl sites for hydroxylation is 1. The van der Waals surface area contributed by atoms with Crippen molar-refractivity contribution in [2.24, 2.45) is 0 Å². The maximum absolute atomic E-state index is 6.05. The molecule has 0 amide bonds. The number of benzene rings is 2. The molecule has 0 aliphatic carbocycles. The highest BCUT2D eigenvalue weighted by Gasteiger charge is 2.05. The minimum Gasteiger partial charge on any atom is -0.497 e. The van der Waals surface area contributed by atoms with Crippen LogP contribution in [-0.4, -0.2) is 17.1 Å². The average molecular weight is 285 g/mol. The summed E-state index contributed by atoms with van der Waals surface area (Å²) in [7, 11) is 1.64. The number of methoxy groups -OCH3 is 1. The molecule has 0 fully saturated rings. The summed E-state index contributed by atoms with van der Waals surface area (Å²) in [4.78, 5) is 9.07. The van der Waals surface area contributed by atoms with E-state index in [2.05, 4.69) is 9.97 Å². The first kappa shape index (κ1) is 12.9. The smallest absolute Gasteiger partial charge is 0.121 e. The van der Waals surface area contributed by atoms with Crippen molar-refractivity contribution in [2.45, 2.75) is 6.92 Å². The van der Waals surface area contributed by atoms with Gasteiger partial charge in [0.2, 0.25) is 0 Å². The third-order valence-corrected chi connectivity index (χ3v) is 3.63. The van der Waals surface area contributed by atoms with Gasteiger partial charge in [-0.25, -0.2) is 4.98 Å². The number of nitrogens with zero attached hydrogens (tertiary/aromatic N) is 2. The van der Waals surface area contributed by atoms with Gasteiger partial charge in [-0.2, -0.15) is 0 Å². The van der Waals surface area contributed by atoms with E-state index in [1.807, 2.05) is 43.3 Å². The van der Waals surface area contributed by atoms with Crippen molar-refractivity contribution in [3.05, 3.63) is 53.2 Å². The number of hydrogen-bond acceptors (Lipinski definition) is 3. The Morgan fingerprint density at radius 1 is 1.05 bits per heavy atom. The molecule has 0 atom stereocenters. The molecule has 0 N–H and O–H groups in total. The van der Waals surface area contributed by atoms with Crippen LogP contribution in [0.15, 0.2) is 42.6 Å². The number of rotatable bonds is 2. The van der Waals surface area contributed by atoms with Gasteiger partial charge < -0.3 is 4.74 Å². The molecular weight excluding hydrogens is 272 g/mol. The predicted octanol–water partition coefficient (Wildman–Crippen LogP) is 4.27. The van der Waals surface area contributed by atoms with Crippen LogP contribution in [0.2, 0.25) is 5.02 Å². The molecule has 2 aromatic carbocycles. The summed E-state index contributed by atoms with van der Waals surface area (Å²) in [5, 5.41) is 0.754. The van der Waals surface area contributed by atoms with Crippen LogP contribution >= 0.6 is 11.6 Å². The molecule has 0 aliphatic rings. The summed E-state index contributed by atoms with van der Waals surface area (Å²) < 4.78 is 5.22. The van der Waals surface area contributed by atoms with Gasteiger partial charge in [0.05, 0.1) is 30.0 Å². The van der Waals surface area contributed by atoms with E-state index >= 15 is 0 Å². The van der Waals surface area contributed by atoms with Crippen molar-refractivity contribution in [3.63, 3.8) is 0 Å². The fourth-order valence-electron chi connectivity index (χ4n) is 2.06. The molecule has 3 nitrogen and oxygen atoms in total. The van der Waals surface area contributed by atoms with Crippen molar-refractivity contribution in [2.75, 3.05) is 7.11 Å². The summed E-state index contributed by atoms with van der Waals surface area (Å²) in [5.41, 5.74) is 4.51. The molecule has 0 unspecified atom stereocenters. The molecule has 0 aliphatic heterocycles. The maximum atomic E-state index is 6.05. The second-order valence-corrected chi connectivity index (χ2v) is 4.98. The van der Waals surface area contributed by atoms with Crippen LogP contribution in [0.5, 0.6) is 5.75 Å². The Kier molecular flexibility index (Phi) is 3.28. The third kappa shape index (κ3) is 2.32. The van der Waals surface area contributed by atoms with Gasteiger partial charge in [-0.05, 0) is 36.8 Å². The molecule has 0 spiro atoms. The monoisotopic (exact) mass is 284 g/mol. The molecular formula is C16H13ClN2O. The summed E-state index contributed by atoms with van der Waals surface area (Å²) in [6, 6.07) is 11.5. The van der Waals surface area contributed by atoms with Crippen molar-refractivity contribution in [3.8, 4) is 17.0 Å². The summed E-state index contributed by atoms with van der Waals surface area (Å²) in [5.74, 6) is 0.774. The van der Waals surface area contributed by atoms with E-state index in [1.54, 1.807) is 13.3 Å². The molecule has 1 aromatic heterocycles. The topological polar surface area (TPSA) is 35.0 Å². The van der Waals surface area contributed by atoms with Gasteiger partial charge in [0.15, 0.2) is 0 Å². The van der Waals surface area contributed by atoms with Crippen LogP contribution in [0, 0.1) is 6.92 Å². The van der Waals surface area contributed by atoms with Gasteiger partial charge >= 0.3 is 0 Å². The molecule has 3 aromatic rings. The minimum absolute atomic E-state index is 0.754. The van der Waals surface area contributed by atoms with E-state index < -0.39 is 0 Å². The minimum atomic E-state index is 0.754. The SMILES string of the molecule is COc1ccc2ncc(-c3ccc(Cl)c(C)c3)nc2c1. The predicted molar refractivity (Wildman–Crippen MR) is 81.3 cm³/mol. The molecule has 4 heteroatoms. The summed E-state index contributed by atoms with van der Waals surface area (Å²) >= 11 is 6.05. The summed E-state index contributed by atoms with van der Waals surface area (Å²) in [6.07, 6.45) is 1.78. The lowest BCUT2D eigenvalue weighted by Gasteiger charge is -2.06. The number of ether oxygens (including phenoxy) is 1. The largest absolute Gasteiger partial charge is 0.497 e. The van der Waals surface area contributed by atoms with E-state index in [0.29, 0.717) is 0 Å². The third-order valence-electron chi connectivity index (χ3n) is 3.20. The van der Waals surface area contributed by atoms with Gasteiger partial charge in [-0.15, -0.1) is 0 Å². The van der Waals surface area contributed by atoms with E-state index in [9.17, 15) is 0 Å². The molecule has 1 heterocycles. The number of fused-ring (bicyclic) bond motifs is 1. The first-order chi connectivity index (χ1) is 9.67. The quantitative estimate of drug-likeness (QED) is 0.705. The molecule has 20 heavy (non-hydrogen) atoms. The Labute approximate surface area is 122 Å². The van der Waals surface area contributed by atoms with E-state index in [-0.39, 0.29) is 0 Å². The lowest BCUT2D eigenvalue weighted by Crippen LogP contribution is -1.90. The van der Waals surface area contributed by atoms with Crippen molar-refractivity contribution in [1.29, 1.82) is 0 Å². The Morgan fingerprint density at radius 3 is 2.65 bits per heavy atom. The summed E-state index contributed by atoms with van der Waals surface area (Å²) in [6.45, 7) is 1.98. The highest BCUT2D eigenvalue weighted by Crippen LogP contribution is 2.25. The molecule has 0 bridgehead atoms. The lowest BCUT2D eigenvalue weighted by molar-refractivity contribution is 0.415. The zero-order chi connectivity index (χ0) is 14.1. The van der Waals surface area contributed by atoms with Gasteiger partial charge in [-0.1, -0.05) is 17.7 Å². The van der Waals surface area contributed by atoms with Gasteiger partial charge in [0.1, 0.15) is 5.75 Å². The average Bonchev–Trinajstić information content (AvgIpc) is 2.49. The van der Waals surface area contributed by atoms with Crippen LogP contribution in [-0.2, 0) is 0 Å². The number of aromatic nitrogens is 2. The molecule has 0 saturated carbocycles. The van der Waals surface area contributed by atoms with Crippen molar-refractivity contribution in [1.82, 2.24) is 9.97 Å². The van der Waals surface area contributed by atoms with Crippen LogP contribution in [0.25, 0.3) is 22.3 Å². The van der Waals surface area contributed by atoms with Crippen molar-refractivity contribution >= 4 is 22.6 Å². The van der Waals surface area contributed by atoms with Crippen molar-refractivity contribution < 1.29 is 4.74 Å². The second kappa shape index (κ2) is 5.10. The van der Waals surface area contributed by atoms with Crippen LogP contribution < -0.4 is 4.74 Å². The fourth-order valence-corrected chi connectivity index (χ4v) is 2.18. The van der Waals surface area contributed by atoms with E-state index in [1.165, 1.54) is 0 Å². The van der Waals surface area contributed by atoms with Crippen LogP contribution in [0.1, 0.15) is 5.56 Å².